The second-order valence-corrected chi connectivity index (χ2v) is 4.11. The van der Waals surface area contributed by atoms with Crippen LogP contribution in [0.5, 0.6) is 0 Å². The van der Waals surface area contributed by atoms with Crippen molar-refractivity contribution < 1.29 is 13.2 Å². The maximum atomic E-state index is 11.9. The van der Waals surface area contributed by atoms with Crippen molar-refractivity contribution in [3.63, 3.8) is 0 Å². The van der Waals surface area contributed by atoms with Crippen LogP contribution < -0.4 is 5.32 Å². The van der Waals surface area contributed by atoms with Crippen LogP contribution in [0.3, 0.4) is 0 Å². The summed E-state index contributed by atoms with van der Waals surface area (Å²) in [5.74, 6) is 0. The topological polar surface area (TPSA) is 12.0 Å². The van der Waals surface area contributed by atoms with Crippen molar-refractivity contribution in [1.29, 1.82) is 0 Å². The fourth-order valence-electron chi connectivity index (χ4n) is 0.790. The van der Waals surface area contributed by atoms with Gasteiger partial charge in [-0.1, -0.05) is 31.9 Å². The Balaban J connectivity index is 2.90. The molecule has 1 rings (SSSR count). The molecule has 0 aliphatic carbocycles. The minimum absolute atomic E-state index is 0.00579. The van der Waals surface area contributed by atoms with E-state index >= 15 is 0 Å². The minimum Gasteiger partial charge on any atom is -0.297 e. The summed E-state index contributed by atoms with van der Waals surface area (Å²) in [6.45, 7) is 0. The van der Waals surface area contributed by atoms with Crippen molar-refractivity contribution in [3.8, 4) is 0 Å². The van der Waals surface area contributed by atoms with Crippen LogP contribution in [0.25, 0.3) is 0 Å². The quantitative estimate of drug-likeness (QED) is 0.767. The molecule has 0 heterocycles. The van der Waals surface area contributed by atoms with Crippen LogP contribution in [-0.2, 0) is 0 Å². The number of hydrogen-bond acceptors (Lipinski definition) is 1. The normalized spacial score (nSPS) is 11.5. The molecule has 0 amide bonds. The van der Waals surface area contributed by atoms with E-state index in [9.17, 15) is 13.2 Å². The van der Waals surface area contributed by atoms with Gasteiger partial charge in [-0.05, 0) is 18.2 Å². The Morgan fingerprint density at radius 3 is 1.85 bits per heavy atom. The number of nitrogens with one attached hydrogen (secondary N) is 1. The van der Waals surface area contributed by atoms with Crippen molar-refractivity contribution in [2.75, 3.05) is 5.32 Å². The van der Waals surface area contributed by atoms with Crippen LogP contribution in [0, 0.1) is 0 Å². The van der Waals surface area contributed by atoms with E-state index in [-0.39, 0.29) is 5.69 Å². The highest BCUT2D eigenvalue weighted by molar-refractivity contribution is 9.11. The summed E-state index contributed by atoms with van der Waals surface area (Å²) in [6, 6.07) is 4.35. The van der Waals surface area contributed by atoms with E-state index in [4.69, 9.17) is 0 Å². The Morgan fingerprint density at radius 2 is 1.46 bits per heavy atom. The van der Waals surface area contributed by atoms with Crippen LogP contribution in [0.4, 0.5) is 18.9 Å². The number of anilines is 1. The second kappa shape index (κ2) is 3.88. The molecule has 0 aliphatic rings. The Morgan fingerprint density at radius 1 is 1.00 bits per heavy atom. The predicted molar refractivity (Wildman–Crippen MR) is 51.5 cm³/mol. The highest BCUT2D eigenvalue weighted by atomic mass is 79.9. The molecular formula is C7H4Br2F3N. The third kappa shape index (κ3) is 3.99. The zero-order valence-electron chi connectivity index (χ0n) is 6.12. The van der Waals surface area contributed by atoms with E-state index in [1.165, 1.54) is 17.4 Å². The summed E-state index contributed by atoms with van der Waals surface area (Å²) in [7, 11) is 0. The van der Waals surface area contributed by atoms with Crippen molar-refractivity contribution in [3.05, 3.63) is 27.1 Å². The number of benzene rings is 1. The van der Waals surface area contributed by atoms with Gasteiger partial charge in [0.1, 0.15) is 0 Å². The van der Waals surface area contributed by atoms with E-state index in [2.05, 4.69) is 31.9 Å². The standard InChI is InChI=1S/C7H4Br2F3N/c8-4-1-5(9)3-6(2-4)13-7(10,11)12/h1-3,13H. The first kappa shape index (κ1) is 10.8. The van der Waals surface area contributed by atoms with Crippen LogP contribution in [0.15, 0.2) is 27.1 Å². The monoisotopic (exact) mass is 317 g/mol. The highest BCUT2D eigenvalue weighted by Crippen LogP contribution is 2.26. The molecule has 72 valence electrons. The van der Waals surface area contributed by atoms with Gasteiger partial charge in [0.2, 0.25) is 0 Å². The molecule has 0 bridgehead atoms. The van der Waals surface area contributed by atoms with Gasteiger partial charge in [-0.15, -0.1) is 0 Å². The van der Waals surface area contributed by atoms with Crippen LogP contribution in [0.1, 0.15) is 0 Å². The molecule has 0 atom stereocenters. The first-order valence-electron chi connectivity index (χ1n) is 3.18. The van der Waals surface area contributed by atoms with E-state index in [1.54, 1.807) is 6.07 Å². The molecule has 0 spiro atoms. The molecular weight excluding hydrogens is 315 g/mol. The number of hydrogen-bond donors (Lipinski definition) is 1. The van der Waals surface area contributed by atoms with Gasteiger partial charge in [0, 0.05) is 14.6 Å². The SMILES string of the molecule is FC(F)(F)Nc1cc(Br)cc(Br)c1. The molecule has 0 saturated carbocycles. The molecule has 0 unspecified atom stereocenters. The Kier molecular flexibility index (Phi) is 3.23. The van der Waals surface area contributed by atoms with Gasteiger partial charge in [-0.25, -0.2) is 0 Å². The average molecular weight is 319 g/mol. The minimum atomic E-state index is -4.40. The van der Waals surface area contributed by atoms with Gasteiger partial charge >= 0.3 is 6.30 Å². The van der Waals surface area contributed by atoms with Gasteiger partial charge in [0.05, 0.1) is 0 Å². The third-order valence-corrected chi connectivity index (χ3v) is 2.06. The molecule has 1 aromatic carbocycles. The lowest BCUT2D eigenvalue weighted by Gasteiger charge is -2.10. The van der Waals surface area contributed by atoms with Gasteiger partial charge in [0.15, 0.2) is 0 Å². The molecule has 1 N–H and O–H groups in total. The lowest BCUT2D eigenvalue weighted by molar-refractivity contribution is -0.0999. The largest absolute Gasteiger partial charge is 0.482 e. The molecule has 6 heteroatoms. The Bertz CT molecular complexity index is 291. The lowest BCUT2D eigenvalue weighted by Crippen LogP contribution is -2.20. The van der Waals surface area contributed by atoms with Crippen molar-refractivity contribution in [2.24, 2.45) is 0 Å². The summed E-state index contributed by atoms with van der Waals surface area (Å²) in [4.78, 5) is 0. The number of alkyl halides is 3. The van der Waals surface area contributed by atoms with Crippen LogP contribution in [-0.4, -0.2) is 6.30 Å². The smallest absolute Gasteiger partial charge is 0.297 e. The van der Waals surface area contributed by atoms with Gasteiger partial charge in [-0.2, -0.15) is 13.2 Å². The maximum Gasteiger partial charge on any atom is 0.482 e. The van der Waals surface area contributed by atoms with E-state index < -0.39 is 6.30 Å². The van der Waals surface area contributed by atoms with Gasteiger partial charge in [-0.3, -0.25) is 5.32 Å². The zero-order chi connectivity index (χ0) is 10.1. The summed E-state index contributed by atoms with van der Waals surface area (Å²) >= 11 is 6.17. The second-order valence-electron chi connectivity index (χ2n) is 2.28. The average Bonchev–Trinajstić information content (AvgIpc) is 1.78. The van der Waals surface area contributed by atoms with Crippen molar-refractivity contribution >= 4 is 37.5 Å². The van der Waals surface area contributed by atoms with Crippen LogP contribution >= 0.6 is 31.9 Å². The fourth-order valence-corrected chi connectivity index (χ4v) is 2.08. The molecule has 1 nitrogen and oxygen atoms in total. The van der Waals surface area contributed by atoms with Crippen LogP contribution in [0.2, 0.25) is 0 Å². The predicted octanol–water partition coefficient (Wildman–Crippen LogP) is 4.14. The molecule has 13 heavy (non-hydrogen) atoms. The lowest BCUT2D eigenvalue weighted by atomic mass is 10.3. The number of rotatable bonds is 1. The fraction of sp³-hybridized carbons (Fsp3) is 0.143. The zero-order valence-corrected chi connectivity index (χ0v) is 9.29. The molecule has 0 fully saturated rings. The maximum absolute atomic E-state index is 11.9. The van der Waals surface area contributed by atoms with Gasteiger partial charge in [0.25, 0.3) is 0 Å². The third-order valence-electron chi connectivity index (χ3n) is 1.15. The molecule has 0 radical (unpaired) electrons. The summed E-state index contributed by atoms with van der Waals surface area (Å²) in [5.41, 5.74) is -0.00579. The highest BCUT2D eigenvalue weighted by Gasteiger charge is 2.27. The molecule has 0 aliphatic heterocycles. The summed E-state index contributed by atoms with van der Waals surface area (Å²) in [6.07, 6.45) is -4.40. The van der Waals surface area contributed by atoms with E-state index in [0.717, 1.165) is 0 Å². The molecule has 1 aromatic rings. The number of halogens is 5. The molecule has 0 aromatic heterocycles. The van der Waals surface area contributed by atoms with Crippen molar-refractivity contribution in [1.82, 2.24) is 0 Å². The van der Waals surface area contributed by atoms with Crippen molar-refractivity contribution in [2.45, 2.75) is 6.30 Å². The first-order chi connectivity index (χ1) is 5.87. The summed E-state index contributed by atoms with van der Waals surface area (Å²) in [5, 5.41) is 1.40. The summed E-state index contributed by atoms with van der Waals surface area (Å²) < 4.78 is 36.7. The Hall–Kier alpha value is -0.230. The van der Waals surface area contributed by atoms with Gasteiger partial charge < -0.3 is 0 Å². The first-order valence-corrected chi connectivity index (χ1v) is 4.76. The van der Waals surface area contributed by atoms with E-state index in [1.807, 2.05) is 0 Å². The van der Waals surface area contributed by atoms with E-state index in [0.29, 0.717) is 8.95 Å². The molecule has 0 saturated heterocycles. The Labute approximate surface area is 89.6 Å².